The van der Waals surface area contributed by atoms with Gasteiger partial charge in [-0.2, -0.15) is 0 Å². The van der Waals surface area contributed by atoms with Crippen LogP contribution in [0.25, 0.3) is 0 Å². The second-order valence-electron chi connectivity index (χ2n) is 8.48. The van der Waals surface area contributed by atoms with E-state index in [0.29, 0.717) is 30.5 Å². The zero-order valence-electron chi connectivity index (χ0n) is 15.5. The van der Waals surface area contributed by atoms with Crippen molar-refractivity contribution >= 4 is 5.91 Å². The first-order valence-corrected chi connectivity index (χ1v) is 10.1. The van der Waals surface area contributed by atoms with E-state index < -0.39 is 29.8 Å². The van der Waals surface area contributed by atoms with Crippen LogP contribution in [0.4, 0.5) is 8.78 Å². The van der Waals surface area contributed by atoms with Crippen molar-refractivity contribution in [1.82, 2.24) is 10.2 Å². The van der Waals surface area contributed by atoms with Gasteiger partial charge in [0.2, 0.25) is 5.92 Å². The van der Waals surface area contributed by atoms with Gasteiger partial charge in [-0.1, -0.05) is 30.3 Å². The number of carbonyl (C=O) groups excluding carboxylic acids is 1. The van der Waals surface area contributed by atoms with Crippen LogP contribution in [0.15, 0.2) is 30.3 Å². The minimum Gasteiger partial charge on any atom is -0.375 e. The maximum atomic E-state index is 13.9. The molecule has 0 spiro atoms. The zero-order chi connectivity index (χ0) is 19.1. The predicted molar refractivity (Wildman–Crippen MR) is 98.3 cm³/mol. The molecule has 2 saturated heterocycles. The Morgan fingerprint density at radius 3 is 2.30 bits per heavy atom. The van der Waals surface area contributed by atoms with Gasteiger partial charge >= 0.3 is 0 Å². The molecule has 3 aliphatic rings. The molecule has 1 aliphatic carbocycles. The van der Waals surface area contributed by atoms with Crippen molar-refractivity contribution in [3.05, 3.63) is 35.9 Å². The molecule has 0 unspecified atom stereocenters. The SMILES string of the molecule is O=C(N1CC[C@@H]2CNC[C@@H]2CC1)[C@](O)(c1ccccc1)[C@@H]1CCC(F)(F)C1. The number of carbonyl (C=O) groups is 1. The van der Waals surface area contributed by atoms with Crippen LogP contribution in [-0.2, 0) is 10.4 Å². The summed E-state index contributed by atoms with van der Waals surface area (Å²) in [5.41, 5.74) is -1.44. The minimum atomic E-state index is -2.81. The number of likely N-dealkylation sites (tertiary alicyclic amines) is 1. The van der Waals surface area contributed by atoms with Gasteiger partial charge in [0.1, 0.15) is 0 Å². The third-order valence-electron chi connectivity index (χ3n) is 6.84. The fraction of sp³-hybridized carbons (Fsp3) is 0.667. The van der Waals surface area contributed by atoms with Gasteiger partial charge in [-0.05, 0) is 49.8 Å². The van der Waals surface area contributed by atoms with Gasteiger partial charge in [0.25, 0.3) is 5.91 Å². The molecule has 1 saturated carbocycles. The third kappa shape index (κ3) is 3.49. The second-order valence-corrected chi connectivity index (χ2v) is 8.48. The van der Waals surface area contributed by atoms with Crippen molar-refractivity contribution in [1.29, 1.82) is 0 Å². The molecule has 27 heavy (non-hydrogen) atoms. The first-order valence-electron chi connectivity index (χ1n) is 10.1. The molecular weight excluding hydrogens is 350 g/mol. The fourth-order valence-electron chi connectivity index (χ4n) is 5.19. The molecule has 1 amide bonds. The Balaban J connectivity index is 1.61. The number of halogens is 2. The lowest BCUT2D eigenvalue weighted by molar-refractivity contribution is -0.160. The highest BCUT2D eigenvalue weighted by molar-refractivity contribution is 5.87. The Hall–Kier alpha value is -1.53. The normalized spacial score (nSPS) is 32.6. The van der Waals surface area contributed by atoms with E-state index >= 15 is 0 Å². The van der Waals surface area contributed by atoms with Crippen molar-refractivity contribution in [2.75, 3.05) is 26.2 Å². The zero-order valence-corrected chi connectivity index (χ0v) is 15.5. The first-order chi connectivity index (χ1) is 12.9. The number of hydrogen-bond donors (Lipinski definition) is 2. The number of benzene rings is 1. The van der Waals surface area contributed by atoms with E-state index in [0.717, 1.165) is 25.9 Å². The average Bonchev–Trinajstić information content (AvgIpc) is 3.22. The van der Waals surface area contributed by atoms with Gasteiger partial charge < -0.3 is 15.3 Å². The van der Waals surface area contributed by atoms with Gasteiger partial charge in [0.05, 0.1) is 0 Å². The predicted octanol–water partition coefficient (Wildman–Crippen LogP) is 2.77. The molecule has 2 N–H and O–H groups in total. The molecule has 1 aromatic rings. The quantitative estimate of drug-likeness (QED) is 0.850. The standard InChI is InChI=1S/C21H28F2N2O2/c22-20(23)9-6-18(12-20)21(27,17-4-2-1-3-5-17)19(26)25-10-7-15-13-24-14-16(15)8-11-25/h1-5,15-16,18,24,27H,6-14H2/t15-,16+,18-,21+/m1/s1. The Morgan fingerprint density at radius 2 is 1.74 bits per heavy atom. The van der Waals surface area contributed by atoms with Crippen LogP contribution in [0.5, 0.6) is 0 Å². The van der Waals surface area contributed by atoms with Crippen molar-refractivity contribution in [2.24, 2.45) is 17.8 Å². The van der Waals surface area contributed by atoms with Gasteiger partial charge in [-0.15, -0.1) is 0 Å². The molecule has 2 aliphatic heterocycles. The molecule has 4 nitrogen and oxygen atoms in total. The summed E-state index contributed by atoms with van der Waals surface area (Å²) in [6, 6.07) is 8.67. The van der Waals surface area contributed by atoms with Gasteiger partial charge in [-0.25, -0.2) is 8.78 Å². The number of alkyl halides is 2. The van der Waals surface area contributed by atoms with E-state index in [1.165, 1.54) is 0 Å². The summed E-state index contributed by atoms with van der Waals surface area (Å²) in [5, 5.41) is 15.0. The molecule has 148 valence electrons. The summed E-state index contributed by atoms with van der Waals surface area (Å²) >= 11 is 0. The maximum Gasteiger partial charge on any atom is 0.259 e. The smallest absolute Gasteiger partial charge is 0.259 e. The van der Waals surface area contributed by atoms with E-state index in [2.05, 4.69) is 5.32 Å². The molecule has 0 radical (unpaired) electrons. The lowest BCUT2D eigenvalue weighted by atomic mass is 9.78. The molecular formula is C21H28F2N2O2. The number of nitrogens with one attached hydrogen (secondary N) is 1. The first kappa shape index (κ1) is 18.8. The third-order valence-corrected chi connectivity index (χ3v) is 6.84. The van der Waals surface area contributed by atoms with E-state index in [1.807, 2.05) is 0 Å². The molecule has 2 heterocycles. The molecule has 0 aromatic heterocycles. The topological polar surface area (TPSA) is 52.6 Å². The van der Waals surface area contributed by atoms with Gasteiger partial charge in [-0.3, -0.25) is 4.79 Å². The fourth-order valence-corrected chi connectivity index (χ4v) is 5.19. The highest BCUT2D eigenvalue weighted by Crippen LogP contribution is 2.48. The maximum absolute atomic E-state index is 13.9. The van der Waals surface area contributed by atoms with E-state index in [4.69, 9.17) is 0 Å². The number of nitrogens with zero attached hydrogens (tertiary/aromatic N) is 1. The second kappa shape index (κ2) is 7.13. The molecule has 4 atom stereocenters. The lowest BCUT2D eigenvalue weighted by Gasteiger charge is -2.37. The van der Waals surface area contributed by atoms with Crippen LogP contribution in [0, 0.1) is 17.8 Å². The summed E-state index contributed by atoms with van der Waals surface area (Å²) in [7, 11) is 0. The van der Waals surface area contributed by atoms with Gasteiger partial charge in [0.15, 0.2) is 5.60 Å². The number of rotatable bonds is 3. The summed E-state index contributed by atoms with van der Waals surface area (Å²) < 4.78 is 27.8. The van der Waals surface area contributed by atoms with E-state index in [-0.39, 0.29) is 12.8 Å². The molecule has 3 fully saturated rings. The van der Waals surface area contributed by atoms with Crippen LogP contribution in [0.1, 0.15) is 37.7 Å². The van der Waals surface area contributed by atoms with Crippen LogP contribution in [-0.4, -0.2) is 48.0 Å². The summed E-state index contributed by atoms with van der Waals surface area (Å²) in [5.74, 6) is -2.85. The largest absolute Gasteiger partial charge is 0.375 e. The highest BCUT2D eigenvalue weighted by Gasteiger charge is 2.54. The highest BCUT2D eigenvalue weighted by atomic mass is 19.3. The van der Waals surface area contributed by atoms with Gasteiger partial charge in [0, 0.05) is 31.8 Å². The Labute approximate surface area is 158 Å². The van der Waals surface area contributed by atoms with Crippen LogP contribution >= 0.6 is 0 Å². The Bertz CT molecular complexity index is 670. The van der Waals surface area contributed by atoms with E-state index in [1.54, 1.807) is 35.2 Å². The minimum absolute atomic E-state index is 0.160. The lowest BCUT2D eigenvalue weighted by Crippen LogP contribution is -2.51. The average molecular weight is 378 g/mol. The molecule has 4 rings (SSSR count). The van der Waals surface area contributed by atoms with Crippen molar-refractivity contribution < 1.29 is 18.7 Å². The van der Waals surface area contributed by atoms with Crippen LogP contribution < -0.4 is 5.32 Å². The number of fused-ring (bicyclic) bond motifs is 1. The number of hydrogen-bond acceptors (Lipinski definition) is 3. The summed E-state index contributed by atoms with van der Waals surface area (Å²) in [6.45, 7) is 3.12. The van der Waals surface area contributed by atoms with E-state index in [9.17, 15) is 18.7 Å². The Morgan fingerprint density at radius 1 is 1.11 bits per heavy atom. The Kier molecular flexibility index (Phi) is 4.97. The summed E-state index contributed by atoms with van der Waals surface area (Å²) in [4.78, 5) is 15.2. The van der Waals surface area contributed by atoms with Crippen molar-refractivity contribution in [3.8, 4) is 0 Å². The molecule has 0 bridgehead atoms. The van der Waals surface area contributed by atoms with Crippen LogP contribution in [0.3, 0.4) is 0 Å². The van der Waals surface area contributed by atoms with Crippen LogP contribution in [0.2, 0.25) is 0 Å². The number of amides is 1. The van der Waals surface area contributed by atoms with Crippen molar-refractivity contribution in [2.45, 2.75) is 43.6 Å². The summed E-state index contributed by atoms with van der Waals surface area (Å²) in [6.07, 6.45) is 1.25. The molecule has 6 heteroatoms. The molecule has 1 aromatic carbocycles. The monoisotopic (exact) mass is 378 g/mol. The number of aliphatic hydroxyl groups is 1. The van der Waals surface area contributed by atoms with Crippen molar-refractivity contribution in [3.63, 3.8) is 0 Å².